The lowest BCUT2D eigenvalue weighted by molar-refractivity contribution is -0.113. The molecule has 0 unspecified atom stereocenters. The van der Waals surface area contributed by atoms with Crippen LogP contribution in [0.3, 0.4) is 0 Å². The van der Waals surface area contributed by atoms with E-state index in [-0.39, 0.29) is 29.5 Å². The molecule has 0 fully saturated rings. The van der Waals surface area contributed by atoms with Gasteiger partial charge in [0.1, 0.15) is 0 Å². The highest BCUT2D eigenvalue weighted by molar-refractivity contribution is 7.99. The molecule has 3 rings (SSSR count). The molecular formula is C25H29N5O4S. The Bertz CT molecular complexity index is 1180. The number of thioether (sulfide) groups is 1. The molecule has 35 heavy (non-hydrogen) atoms. The number of nitrogens with one attached hydrogen (secondary N) is 2. The number of ether oxygens (including phenoxy) is 1. The Balaban J connectivity index is 1.69. The summed E-state index contributed by atoms with van der Waals surface area (Å²) in [5.74, 6) is -0.0951. The van der Waals surface area contributed by atoms with E-state index < -0.39 is 5.97 Å². The fraction of sp³-hybridized carbons (Fsp3) is 0.320. The number of methoxy groups -OCH3 is 1. The van der Waals surface area contributed by atoms with Crippen LogP contribution in [0.5, 0.6) is 0 Å². The molecule has 0 spiro atoms. The molecule has 3 aromatic rings. The first-order chi connectivity index (χ1) is 16.8. The van der Waals surface area contributed by atoms with Crippen molar-refractivity contribution in [3.05, 3.63) is 71.5 Å². The van der Waals surface area contributed by atoms with Crippen LogP contribution in [0.2, 0.25) is 0 Å². The lowest BCUT2D eigenvalue weighted by Gasteiger charge is -2.22. The molecule has 0 bridgehead atoms. The number of anilines is 1. The molecule has 0 radical (unpaired) electrons. The molecule has 0 saturated carbocycles. The Kier molecular flexibility index (Phi) is 9.02. The zero-order chi connectivity index (χ0) is 25.4. The van der Waals surface area contributed by atoms with Gasteiger partial charge in [-0.2, -0.15) is 0 Å². The predicted molar refractivity (Wildman–Crippen MR) is 134 cm³/mol. The Morgan fingerprint density at radius 1 is 1.03 bits per heavy atom. The van der Waals surface area contributed by atoms with E-state index in [4.69, 9.17) is 4.74 Å². The fourth-order valence-electron chi connectivity index (χ4n) is 3.45. The van der Waals surface area contributed by atoms with Crippen LogP contribution in [0.15, 0.2) is 59.8 Å². The smallest absolute Gasteiger partial charge is 0.337 e. The first-order valence-corrected chi connectivity index (χ1v) is 12.2. The Hall–Kier alpha value is -3.66. The number of carbonyl (C=O) groups is 3. The second-order valence-electron chi connectivity index (χ2n) is 8.06. The van der Waals surface area contributed by atoms with Gasteiger partial charge in [0.05, 0.1) is 24.5 Å². The average Bonchev–Trinajstić information content (AvgIpc) is 3.28. The third kappa shape index (κ3) is 6.69. The summed E-state index contributed by atoms with van der Waals surface area (Å²) in [6.45, 7) is 6.56. The number of rotatable bonds is 10. The highest BCUT2D eigenvalue weighted by atomic mass is 32.2. The summed E-state index contributed by atoms with van der Waals surface area (Å²) in [5, 5.41) is 15.1. The monoisotopic (exact) mass is 495 g/mol. The summed E-state index contributed by atoms with van der Waals surface area (Å²) in [6, 6.07) is 15.2. The molecule has 2 N–H and O–H groups in total. The molecule has 0 saturated heterocycles. The minimum absolute atomic E-state index is 0.0698. The molecule has 1 atom stereocenters. The number of esters is 1. The molecular weight excluding hydrogens is 466 g/mol. The van der Waals surface area contributed by atoms with Crippen molar-refractivity contribution in [2.24, 2.45) is 5.92 Å². The first kappa shape index (κ1) is 26.0. The molecule has 10 heteroatoms. The van der Waals surface area contributed by atoms with E-state index in [1.807, 2.05) is 43.5 Å². The van der Waals surface area contributed by atoms with Gasteiger partial charge in [-0.15, -0.1) is 10.2 Å². The lowest BCUT2D eigenvalue weighted by Crippen LogP contribution is -2.33. The van der Waals surface area contributed by atoms with Crippen LogP contribution in [0.4, 0.5) is 5.69 Å². The number of amides is 2. The molecule has 0 aliphatic heterocycles. The second-order valence-corrected chi connectivity index (χ2v) is 9.00. The maximum absolute atomic E-state index is 12.8. The Morgan fingerprint density at radius 3 is 2.40 bits per heavy atom. The molecule has 2 aromatic carbocycles. The summed E-state index contributed by atoms with van der Waals surface area (Å²) in [7, 11) is 1.30. The van der Waals surface area contributed by atoms with Crippen LogP contribution in [0.1, 0.15) is 53.4 Å². The number of nitrogens with zero attached hydrogens (tertiary/aromatic N) is 3. The summed E-state index contributed by atoms with van der Waals surface area (Å²) in [5.41, 5.74) is 1.42. The van der Waals surface area contributed by atoms with Gasteiger partial charge in [0.15, 0.2) is 11.0 Å². The van der Waals surface area contributed by atoms with Crippen molar-refractivity contribution in [3.8, 4) is 0 Å². The Labute approximate surface area is 208 Å². The number of benzene rings is 2. The zero-order valence-corrected chi connectivity index (χ0v) is 21.0. The highest BCUT2D eigenvalue weighted by Crippen LogP contribution is 2.26. The number of carbonyl (C=O) groups excluding carboxylic acids is 3. The van der Waals surface area contributed by atoms with Gasteiger partial charge in [0.25, 0.3) is 5.91 Å². The maximum Gasteiger partial charge on any atom is 0.337 e. The third-order valence-electron chi connectivity index (χ3n) is 5.23. The normalized spacial score (nSPS) is 11.7. The largest absolute Gasteiger partial charge is 0.465 e. The standard InChI is InChI=1S/C25H29N5O4S/c1-5-30-22(21(16(2)3)27-23(32)17-10-7-6-8-11-17)28-29-25(30)35-15-20(31)26-19-13-9-12-18(14-19)24(33)34-4/h6-14,16,21H,5,15H2,1-4H3,(H,26,31)(H,27,32)/t21-/m0/s1. The van der Waals surface area contributed by atoms with Crippen molar-refractivity contribution in [1.82, 2.24) is 20.1 Å². The van der Waals surface area contributed by atoms with Crippen molar-refractivity contribution in [3.63, 3.8) is 0 Å². The van der Waals surface area contributed by atoms with E-state index in [0.29, 0.717) is 34.3 Å². The number of hydrogen-bond donors (Lipinski definition) is 2. The molecule has 2 amide bonds. The van der Waals surface area contributed by atoms with E-state index in [0.717, 1.165) is 0 Å². The molecule has 9 nitrogen and oxygen atoms in total. The topological polar surface area (TPSA) is 115 Å². The van der Waals surface area contributed by atoms with Gasteiger partial charge in [0.2, 0.25) is 5.91 Å². The summed E-state index contributed by atoms with van der Waals surface area (Å²) in [4.78, 5) is 37.0. The summed E-state index contributed by atoms with van der Waals surface area (Å²) < 4.78 is 6.62. The zero-order valence-electron chi connectivity index (χ0n) is 20.1. The van der Waals surface area contributed by atoms with E-state index in [1.165, 1.54) is 18.9 Å². The first-order valence-electron chi connectivity index (χ1n) is 11.2. The van der Waals surface area contributed by atoms with Crippen molar-refractivity contribution in [1.29, 1.82) is 0 Å². The van der Waals surface area contributed by atoms with Crippen molar-refractivity contribution < 1.29 is 19.1 Å². The van der Waals surface area contributed by atoms with Crippen LogP contribution >= 0.6 is 11.8 Å². The van der Waals surface area contributed by atoms with Gasteiger partial charge in [-0.1, -0.05) is 49.9 Å². The lowest BCUT2D eigenvalue weighted by atomic mass is 10.0. The predicted octanol–water partition coefficient (Wildman–Crippen LogP) is 3.94. The van der Waals surface area contributed by atoms with Gasteiger partial charge < -0.3 is 19.9 Å². The van der Waals surface area contributed by atoms with Crippen LogP contribution in [-0.2, 0) is 16.1 Å². The number of aromatic nitrogens is 3. The van der Waals surface area contributed by atoms with Crippen LogP contribution in [0, 0.1) is 5.92 Å². The second kappa shape index (κ2) is 12.2. The fourth-order valence-corrected chi connectivity index (χ4v) is 4.26. The molecule has 1 heterocycles. The third-order valence-corrected chi connectivity index (χ3v) is 6.20. The van der Waals surface area contributed by atoms with E-state index in [1.54, 1.807) is 36.4 Å². The summed E-state index contributed by atoms with van der Waals surface area (Å²) >= 11 is 1.25. The van der Waals surface area contributed by atoms with Gasteiger partial charge >= 0.3 is 5.97 Å². The molecule has 1 aromatic heterocycles. The average molecular weight is 496 g/mol. The van der Waals surface area contributed by atoms with E-state index in [2.05, 4.69) is 20.8 Å². The minimum Gasteiger partial charge on any atom is -0.465 e. The van der Waals surface area contributed by atoms with Crippen LogP contribution < -0.4 is 10.6 Å². The van der Waals surface area contributed by atoms with Crippen LogP contribution in [-0.4, -0.2) is 45.4 Å². The van der Waals surface area contributed by atoms with E-state index >= 15 is 0 Å². The molecule has 0 aliphatic carbocycles. The SMILES string of the molecule is CCn1c(SCC(=O)Nc2cccc(C(=O)OC)c2)nnc1[C@@H](NC(=O)c1ccccc1)C(C)C. The minimum atomic E-state index is -0.474. The summed E-state index contributed by atoms with van der Waals surface area (Å²) in [6.07, 6.45) is 0. The van der Waals surface area contributed by atoms with Gasteiger partial charge in [-0.05, 0) is 43.2 Å². The number of hydrogen-bond acceptors (Lipinski definition) is 7. The van der Waals surface area contributed by atoms with Crippen molar-refractivity contribution >= 4 is 35.2 Å². The highest BCUT2D eigenvalue weighted by Gasteiger charge is 2.26. The van der Waals surface area contributed by atoms with E-state index in [9.17, 15) is 14.4 Å². The van der Waals surface area contributed by atoms with Gasteiger partial charge in [0, 0.05) is 17.8 Å². The molecule has 184 valence electrons. The van der Waals surface area contributed by atoms with Crippen LogP contribution in [0.25, 0.3) is 0 Å². The van der Waals surface area contributed by atoms with Gasteiger partial charge in [-0.25, -0.2) is 4.79 Å². The quantitative estimate of drug-likeness (QED) is 0.323. The molecule has 0 aliphatic rings. The maximum atomic E-state index is 12.8. The van der Waals surface area contributed by atoms with Crippen molar-refractivity contribution in [2.45, 2.75) is 38.5 Å². The van der Waals surface area contributed by atoms with Crippen molar-refractivity contribution in [2.75, 3.05) is 18.2 Å². The Morgan fingerprint density at radius 2 is 1.74 bits per heavy atom. The van der Waals surface area contributed by atoms with Gasteiger partial charge in [-0.3, -0.25) is 9.59 Å².